The molecule has 0 spiro atoms. The predicted octanol–water partition coefficient (Wildman–Crippen LogP) is 3.84. The van der Waals surface area contributed by atoms with E-state index in [1.807, 2.05) is 13.8 Å². The quantitative estimate of drug-likeness (QED) is 0.642. The SMILES string of the molecule is CCc1c(C)c2c(c(C#N)c1C/C=C1\CCCC1CC(=O)O)C(=O)OC2. The number of fused-ring (bicyclic) bond motifs is 1. The van der Waals surface area contributed by atoms with Gasteiger partial charge in [-0.3, -0.25) is 4.79 Å². The molecule has 1 N–H and O–H groups in total. The molecule has 2 aliphatic rings. The summed E-state index contributed by atoms with van der Waals surface area (Å²) in [6.45, 7) is 4.27. The van der Waals surface area contributed by atoms with E-state index in [0.717, 1.165) is 47.9 Å². The van der Waals surface area contributed by atoms with Gasteiger partial charge in [-0.05, 0) is 61.6 Å². The zero-order valence-corrected chi connectivity index (χ0v) is 15.2. The lowest BCUT2D eigenvalue weighted by atomic mass is 9.85. The molecule has 1 aliphatic carbocycles. The Hall–Kier alpha value is -2.61. The third kappa shape index (κ3) is 3.12. The van der Waals surface area contributed by atoms with Crippen LogP contribution in [-0.4, -0.2) is 17.0 Å². The Morgan fingerprint density at radius 2 is 2.19 bits per heavy atom. The first-order valence-corrected chi connectivity index (χ1v) is 9.13. The highest BCUT2D eigenvalue weighted by atomic mass is 16.5. The smallest absolute Gasteiger partial charge is 0.340 e. The van der Waals surface area contributed by atoms with Crippen molar-refractivity contribution in [2.75, 3.05) is 0 Å². The van der Waals surface area contributed by atoms with Gasteiger partial charge in [0.2, 0.25) is 0 Å². The number of hydrogen-bond donors (Lipinski definition) is 1. The predicted molar refractivity (Wildman–Crippen MR) is 95.8 cm³/mol. The zero-order chi connectivity index (χ0) is 18.8. The van der Waals surface area contributed by atoms with Crippen LogP contribution in [0.4, 0.5) is 0 Å². The summed E-state index contributed by atoms with van der Waals surface area (Å²) >= 11 is 0. The van der Waals surface area contributed by atoms with Crippen molar-refractivity contribution in [1.29, 1.82) is 5.26 Å². The molecule has 1 aromatic carbocycles. The summed E-state index contributed by atoms with van der Waals surface area (Å²) in [7, 11) is 0. The first kappa shape index (κ1) is 18.2. The Morgan fingerprint density at radius 1 is 1.42 bits per heavy atom. The van der Waals surface area contributed by atoms with Gasteiger partial charge in [0, 0.05) is 5.56 Å². The lowest BCUT2D eigenvalue weighted by molar-refractivity contribution is -0.137. The summed E-state index contributed by atoms with van der Waals surface area (Å²) in [5, 5.41) is 18.8. The highest BCUT2D eigenvalue weighted by molar-refractivity contribution is 5.97. The molecule has 1 fully saturated rings. The molecule has 5 heteroatoms. The largest absolute Gasteiger partial charge is 0.481 e. The lowest BCUT2D eigenvalue weighted by Crippen LogP contribution is -2.09. The molecule has 5 nitrogen and oxygen atoms in total. The number of nitriles is 1. The van der Waals surface area contributed by atoms with Gasteiger partial charge in [0.25, 0.3) is 0 Å². The van der Waals surface area contributed by atoms with Crippen molar-refractivity contribution < 1.29 is 19.4 Å². The van der Waals surface area contributed by atoms with Crippen molar-refractivity contribution in [3.63, 3.8) is 0 Å². The fraction of sp³-hybridized carbons (Fsp3) is 0.476. The fourth-order valence-corrected chi connectivity index (χ4v) is 4.38. The van der Waals surface area contributed by atoms with E-state index in [1.165, 1.54) is 5.57 Å². The van der Waals surface area contributed by atoms with Crippen molar-refractivity contribution in [3.05, 3.63) is 45.0 Å². The number of aliphatic carboxylic acids is 1. The van der Waals surface area contributed by atoms with Gasteiger partial charge in [-0.1, -0.05) is 18.6 Å². The number of carbonyl (C=O) groups is 2. The lowest BCUT2D eigenvalue weighted by Gasteiger charge is -2.16. The highest BCUT2D eigenvalue weighted by Gasteiger charge is 2.31. The van der Waals surface area contributed by atoms with Gasteiger partial charge >= 0.3 is 11.9 Å². The Bertz CT molecular complexity index is 845. The van der Waals surface area contributed by atoms with E-state index in [4.69, 9.17) is 9.84 Å². The van der Waals surface area contributed by atoms with E-state index in [0.29, 0.717) is 17.5 Å². The molecule has 0 saturated heterocycles. The van der Waals surface area contributed by atoms with Crippen LogP contribution in [0.5, 0.6) is 0 Å². The summed E-state index contributed by atoms with van der Waals surface area (Å²) in [4.78, 5) is 23.2. The summed E-state index contributed by atoms with van der Waals surface area (Å²) in [5.41, 5.74) is 5.87. The minimum absolute atomic E-state index is 0.0867. The van der Waals surface area contributed by atoms with Crippen molar-refractivity contribution >= 4 is 11.9 Å². The number of carboxylic acid groups (broad SMARTS) is 1. The van der Waals surface area contributed by atoms with Crippen molar-refractivity contribution in [2.24, 2.45) is 5.92 Å². The molecular formula is C21H23NO4. The number of rotatable bonds is 5. The Kier molecular flexibility index (Phi) is 5.13. The molecule has 1 aliphatic heterocycles. The van der Waals surface area contributed by atoms with Gasteiger partial charge in [0.15, 0.2) is 0 Å². The number of benzene rings is 1. The van der Waals surface area contributed by atoms with Crippen LogP contribution in [0.1, 0.15) is 70.8 Å². The number of esters is 1. The number of cyclic esters (lactones) is 1. The molecule has 1 saturated carbocycles. The maximum atomic E-state index is 12.1. The number of carbonyl (C=O) groups excluding carboxylic acids is 1. The monoisotopic (exact) mass is 353 g/mol. The van der Waals surface area contributed by atoms with E-state index in [1.54, 1.807) is 0 Å². The van der Waals surface area contributed by atoms with Crippen LogP contribution in [-0.2, 0) is 29.0 Å². The second-order valence-corrected chi connectivity index (χ2v) is 7.02. The molecule has 136 valence electrons. The summed E-state index contributed by atoms with van der Waals surface area (Å²) < 4.78 is 5.17. The fourth-order valence-electron chi connectivity index (χ4n) is 4.38. The van der Waals surface area contributed by atoms with Crippen LogP contribution in [0, 0.1) is 24.2 Å². The third-order valence-corrected chi connectivity index (χ3v) is 5.67. The van der Waals surface area contributed by atoms with Gasteiger partial charge in [0.1, 0.15) is 12.7 Å². The number of carboxylic acids is 1. The van der Waals surface area contributed by atoms with E-state index in [2.05, 4.69) is 12.1 Å². The van der Waals surface area contributed by atoms with Gasteiger partial charge < -0.3 is 9.84 Å². The minimum Gasteiger partial charge on any atom is -0.481 e. The molecule has 0 radical (unpaired) electrons. The standard InChI is InChI=1S/C21H23NO4/c1-3-15-12(2)18-11-26-21(25)20(18)17(10-22)16(15)8-7-13-5-4-6-14(13)9-19(23)24/h7,14H,3-6,8-9,11H2,1-2H3,(H,23,24)/b13-7+. The molecule has 0 aromatic heterocycles. The maximum Gasteiger partial charge on any atom is 0.340 e. The second-order valence-electron chi connectivity index (χ2n) is 7.02. The van der Waals surface area contributed by atoms with Crippen LogP contribution in [0.2, 0.25) is 0 Å². The molecule has 26 heavy (non-hydrogen) atoms. The average Bonchev–Trinajstić information content (AvgIpc) is 3.20. The molecule has 1 aromatic rings. The van der Waals surface area contributed by atoms with E-state index in [-0.39, 0.29) is 18.9 Å². The van der Waals surface area contributed by atoms with E-state index < -0.39 is 11.9 Å². The van der Waals surface area contributed by atoms with Crippen LogP contribution < -0.4 is 0 Å². The summed E-state index contributed by atoms with van der Waals surface area (Å²) in [6.07, 6.45) is 6.39. The normalized spacial score (nSPS) is 20.1. The van der Waals surface area contributed by atoms with Gasteiger partial charge in [-0.2, -0.15) is 5.26 Å². The third-order valence-electron chi connectivity index (χ3n) is 5.67. The zero-order valence-electron chi connectivity index (χ0n) is 15.2. The Balaban J connectivity index is 2.03. The van der Waals surface area contributed by atoms with E-state index in [9.17, 15) is 14.9 Å². The van der Waals surface area contributed by atoms with Gasteiger partial charge in [-0.15, -0.1) is 0 Å². The van der Waals surface area contributed by atoms with Crippen LogP contribution in [0.25, 0.3) is 0 Å². The number of nitrogens with zero attached hydrogens (tertiary/aromatic N) is 1. The molecule has 1 atom stereocenters. The van der Waals surface area contributed by atoms with Crippen LogP contribution in [0.3, 0.4) is 0 Å². The first-order chi connectivity index (χ1) is 12.5. The second kappa shape index (κ2) is 7.33. The van der Waals surface area contributed by atoms with E-state index >= 15 is 0 Å². The summed E-state index contributed by atoms with van der Waals surface area (Å²) in [6, 6.07) is 2.22. The molecule has 1 unspecified atom stereocenters. The Labute approximate surface area is 153 Å². The molecule has 0 bridgehead atoms. The van der Waals surface area contributed by atoms with Crippen molar-refractivity contribution in [3.8, 4) is 6.07 Å². The molecule has 3 rings (SSSR count). The topological polar surface area (TPSA) is 87.4 Å². The van der Waals surface area contributed by atoms with Crippen molar-refractivity contribution in [2.45, 2.75) is 59.0 Å². The highest BCUT2D eigenvalue weighted by Crippen LogP contribution is 2.36. The molecule has 0 amide bonds. The van der Waals surface area contributed by atoms with Gasteiger partial charge in [0.05, 0.1) is 17.5 Å². The number of ether oxygens (including phenoxy) is 1. The molecule has 1 heterocycles. The van der Waals surface area contributed by atoms with Gasteiger partial charge in [-0.25, -0.2) is 4.79 Å². The number of hydrogen-bond acceptors (Lipinski definition) is 4. The minimum atomic E-state index is -0.772. The number of allylic oxidation sites excluding steroid dienone is 2. The van der Waals surface area contributed by atoms with Crippen molar-refractivity contribution in [1.82, 2.24) is 0 Å². The summed E-state index contributed by atoms with van der Waals surface area (Å²) in [5.74, 6) is -1.10. The molecular weight excluding hydrogens is 330 g/mol. The average molecular weight is 353 g/mol. The van der Waals surface area contributed by atoms with Crippen LogP contribution in [0.15, 0.2) is 11.6 Å². The van der Waals surface area contributed by atoms with Crippen LogP contribution >= 0.6 is 0 Å². The Morgan fingerprint density at radius 3 is 2.85 bits per heavy atom. The maximum absolute atomic E-state index is 12.1. The first-order valence-electron chi connectivity index (χ1n) is 9.13.